The van der Waals surface area contributed by atoms with Crippen LogP contribution >= 0.6 is 23.2 Å². The topological polar surface area (TPSA) is 113 Å². The summed E-state index contributed by atoms with van der Waals surface area (Å²) in [5, 5.41) is 6.37. The first-order valence-electron chi connectivity index (χ1n) is 13.7. The number of nitrogens with two attached hydrogens (primary N) is 1. The summed E-state index contributed by atoms with van der Waals surface area (Å²) in [7, 11) is 1.55. The molecule has 1 saturated heterocycles. The van der Waals surface area contributed by atoms with Gasteiger partial charge in [-0.3, -0.25) is 4.79 Å². The molecule has 1 aliphatic rings. The Hall–Kier alpha value is -4.33. The number of nitrogen functional groups attached to an aromatic ring is 1. The fourth-order valence-corrected chi connectivity index (χ4v) is 5.36. The number of aromatic nitrogens is 4. The van der Waals surface area contributed by atoms with Crippen molar-refractivity contribution in [1.82, 2.24) is 24.6 Å². The van der Waals surface area contributed by atoms with Gasteiger partial charge in [-0.25, -0.2) is 19.5 Å². The number of rotatable bonds is 6. The number of nitrogens with zero attached hydrogens (tertiary/aromatic N) is 6. The van der Waals surface area contributed by atoms with Crippen molar-refractivity contribution in [3.05, 3.63) is 76.0 Å². The van der Waals surface area contributed by atoms with Crippen LogP contribution in [0.5, 0.6) is 17.2 Å². The largest absolute Gasteiger partial charge is 0.493 e. The number of anilines is 1. The molecule has 2 aromatic carbocycles. The fraction of sp³-hybridized carbons (Fsp3) is 0.323. The summed E-state index contributed by atoms with van der Waals surface area (Å²) in [6.45, 7) is 14.4. The van der Waals surface area contributed by atoms with Crippen LogP contribution in [0.1, 0.15) is 39.7 Å². The minimum atomic E-state index is -0.296. The predicted octanol–water partition coefficient (Wildman–Crippen LogP) is 7.20. The van der Waals surface area contributed by atoms with E-state index in [-0.39, 0.29) is 28.9 Å². The van der Waals surface area contributed by atoms with Gasteiger partial charge in [0.25, 0.3) is 5.91 Å². The number of carbonyl (C=O) groups is 1. The normalized spacial score (nSPS) is 15.8. The third-order valence-corrected chi connectivity index (χ3v) is 7.75. The lowest BCUT2D eigenvalue weighted by atomic mass is 9.95. The van der Waals surface area contributed by atoms with E-state index in [0.29, 0.717) is 57.1 Å². The number of piperidine rings is 1. The number of fused-ring (bicyclic) bond motifs is 1. The second kappa shape index (κ2) is 12.1. The Morgan fingerprint density at radius 1 is 1.14 bits per heavy atom. The van der Waals surface area contributed by atoms with E-state index >= 15 is 0 Å². The average Bonchev–Trinajstić information content (AvgIpc) is 3.38. The van der Waals surface area contributed by atoms with Crippen molar-refractivity contribution in [3.63, 3.8) is 0 Å². The molecule has 0 saturated carbocycles. The lowest BCUT2D eigenvalue weighted by Gasteiger charge is -2.33. The van der Waals surface area contributed by atoms with E-state index in [1.54, 1.807) is 48.4 Å². The standard InChI is InChI=1S/C31H31Cl2N7O3/c1-31(2,3)15-23(35-4)30(41)39-12-6-7-19(16-39)40-29-26(28(34)36-17-37-29)27(38-40)18-8-11-24(25(13-18)42-5)43-20-9-10-21(32)22(33)14-20/h8-11,13-15,17,19H,6-7,12,16H2,1-3,5H3,(H2,34,36,37). The van der Waals surface area contributed by atoms with Crippen LogP contribution in [-0.2, 0) is 4.79 Å². The summed E-state index contributed by atoms with van der Waals surface area (Å²) < 4.78 is 13.5. The van der Waals surface area contributed by atoms with E-state index in [1.807, 2.05) is 31.5 Å². The molecule has 0 aliphatic carbocycles. The lowest BCUT2D eigenvalue weighted by molar-refractivity contribution is -0.128. The molecule has 10 nitrogen and oxygen atoms in total. The van der Waals surface area contributed by atoms with E-state index in [9.17, 15) is 4.79 Å². The van der Waals surface area contributed by atoms with Crippen molar-refractivity contribution < 1.29 is 14.3 Å². The Bertz CT molecular complexity index is 1770. The summed E-state index contributed by atoms with van der Waals surface area (Å²) in [4.78, 5) is 27.3. The van der Waals surface area contributed by atoms with Crippen molar-refractivity contribution in [2.45, 2.75) is 39.7 Å². The first kappa shape index (κ1) is 30.1. The Balaban J connectivity index is 1.50. The first-order valence-corrected chi connectivity index (χ1v) is 14.4. The van der Waals surface area contributed by atoms with Crippen LogP contribution < -0.4 is 15.2 Å². The molecule has 222 valence electrons. The third kappa shape index (κ3) is 6.38. The Morgan fingerprint density at radius 2 is 1.93 bits per heavy atom. The van der Waals surface area contributed by atoms with E-state index in [4.69, 9.17) is 50.1 Å². The minimum absolute atomic E-state index is 0.126. The van der Waals surface area contributed by atoms with Gasteiger partial charge in [-0.05, 0) is 48.6 Å². The molecule has 1 aliphatic heterocycles. The van der Waals surface area contributed by atoms with Crippen molar-refractivity contribution >= 4 is 46.0 Å². The third-order valence-electron chi connectivity index (χ3n) is 7.01. The monoisotopic (exact) mass is 619 g/mol. The van der Waals surface area contributed by atoms with E-state index < -0.39 is 0 Å². The summed E-state index contributed by atoms with van der Waals surface area (Å²) in [5.74, 6) is 1.45. The number of ether oxygens (including phenoxy) is 2. The smallest absolute Gasteiger partial charge is 0.252 e. The molecular weight excluding hydrogens is 589 g/mol. The van der Waals surface area contributed by atoms with Crippen LogP contribution in [0.15, 0.2) is 54.5 Å². The molecule has 0 spiro atoms. The summed E-state index contributed by atoms with van der Waals surface area (Å²) in [6, 6.07) is 10.3. The molecule has 0 radical (unpaired) electrons. The number of amides is 1. The maximum Gasteiger partial charge on any atom is 0.252 e. The molecule has 0 bridgehead atoms. The Kier molecular flexibility index (Phi) is 8.49. The van der Waals surface area contributed by atoms with Crippen molar-refractivity contribution in [1.29, 1.82) is 0 Å². The molecule has 12 heteroatoms. The number of likely N-dealkylation sites (tertiary alicyclic amines) is 1. The highest BCUT2D eigenvalue weighted by Gasteiger charge is 2.31. The van der Waals surface area contributed by atoms with Gasteiger partial charge in [-0.1, -0.05) is 50.0 Å². The van der Waals surface area contributed by atoms with Gasteiger partial charge in [0.2, 0.25) is 5.70 Å². The van der Waals surface area contributed by atoms with Gasteiger partial charge >= 0.3 is 0 Å². The van der Waals surface area contributed by atoms with Gasteiger partial charge in [0.15, 0.2) is 17.1 Å². The van der Waals surface area contributed by atoms with Crippen LogP contribution in [-0.4, -0.2) is 50.8 Å². The number of halogens is 2. The van der Waals surface area contributed by atoms with E-state index in [2.05, 4.69) is 14.8 Å². The Labute approximate surface area is 259 Å². The SMILES string of the molecule is [C-]#[N+]C(=CC(C)(C)C)C(=O)N1CCCC(n2nc(-c3ccc(Oc4ccc(Cl)c(Cl)c4)c(OC)c3)c3c(N)ncnc32)C1. The number of hydrogen-bond acceptors (Lipinski definition) is 7. The maximum absolute atomic E-state index is 13.3. The van der Waals surface area contributed by atoms with Crippen LogP contribution in [0.3, 0.4) is 0 Å². The minimum Gasteiger partial charge on any atom is -0.493 e. The molecule has 5 rings (SSSR count). The fourth-order valence-electron chi connectivity index (χ4n) is 5.07. The quantitative estimate of drug-likeness (QED) is 0.179. The van der Waals surface area contributed by atoms with Crippen LogP contribution in [0.4, 0.5) is 5.82 Å². The van der Waals surface area contributed by atoms with Gasteiger partial charge in [0, 0.05) is 24.7 Å². The lowest BCUT2D eigenvalue weighted by Crippen LogP contribution is -2.41. The first-order chi connectivity index (χ1) is 20.5. The van der Waals surface area contributed by atoms with E-state index in [0.717, 1.165) is 18.4 Å². The predicted molar refractivity (Wildman–Crippen MR) is 167 cm³/mol. The van der Waals surface area contributed by atoms with Crippen molar-refractivity contribution in [2.75, 3.05) is 25.9 Å². The van der Waals surface area contributed by atoms with Crippen molar-refractivity contribution in [3.8, 4) is 28.5 Å². The number of carbonyl (C=O) groups excluding carboxylic acids is 1. The number of allylic oxidation sites excluding steroid dienone is 1. The molecule has 2 aromatic heterocycles. The molecule has 1 unspecified atom stereocenters. The number of hydrogen-bond donors (Lipinski definition) is 1. The van der Waals surface area contributed by atoms with Gasteiger partial charge in [-0.15, -0.1) is 0 Å². The highest BCUT2D eigenvalue weighted by molar-refractivity contribution is 6.42. The zero-order valence-electron chi connectivity index (χ0n) is 24.3. The molecule has 1 atom stereocenters. The number of benzene rings is 2. The molecular formula is C31H31Cl2N7O3. The molecule has 43 heavy (non-hydrogen) atoms. The summed E-state index contributed by atoms with van der Waals surface area (Å²) in [6.07, 6.45) is 4.66. The highest BCUT2D eigenvalue weighted by Crippen LogP contribution is 2.40. The van der Waals surface area contributed by atoms with Gasteiger partial charge in [0.05, 0.1) is 35.2 Å². The summed E-state index contributed by atoms with van der Waals surface area (Å²) in [5.41, 5.74) is 8.05. The zero-order valence-corrected chi connectivity index (χ0v) is 25.8. The maximum atomic E-state index is 13.3. The molecule has 1 amide bonds. The van der Waals surface area contributed by atoms with E-state index in [1.165, 1.54) is 6.33 Å². The second-order valence-electron chi connectivity index (χ2n) is 11.3. The van der Waals surface area contributed by atoms with Crippen LogP contribution in [0.2, 0.25) is 10.0 Å². The van der Waals surface area contributed by atoms with Gasteiger partial charge < -0.3 is 20.1 Å². The van der Waals surface area contributed by atoms with Crippen LogP contribution in [0.25, 0.3) is 27.1 Å². The Morgan fingerprint density at radius 3 is 2.63 bits per heavy atom. The average molecular weight is 621 g/mol. The molecule has 4 aromatic rings. The van der Waals surface area contributed by atoms with Gasteiger partial charge in [0.1, 0.15) is 23.6 Å². The molecule has 3 heterocycles. The molecule has 2 N–H and O–H groups in total. The molecule has 1 fully saturated rings. The van der Waals surface area contributed by atoms with Crippen LogP contribution in [0, 0.1) is 12.0 Å². The number of methoxy groups -OCH3 is 1. The summed E-state index contributed by atoms with van der Waals surface area (Å²) >= 11 is 12.2. The highest BCUT2D eigenvalue weighted by atomic mass is 35.5. The van der Waals surface area contributed by atoms with Crippen molar-refractivity contribution in [2.24, 2.45) is 5.41 Å². The van der Waals surface area contributed by atoms with Gasteiger partial charge in [-0.2, -0.15) is 5.10 Å². The second-order valence-corrected chi connectivity index (χ2v) is 12.2. The zero-order chi connectivity index (χ0) is 30.9.